The van der Waals surface area contributed by atoms with Crippen molar-refractivity contribution < 1.29 is 9.59 Å². The summed E-state index contributed by atoms with van der Waals surface area (Å²) in [5, 5.41) is 5.81. The molecule has 2 amide bonds. The number of amides is 2. The summed E-state index contributed by atoms with van der Waals surface area (Å²) in [7, 11) is 0. The maximum Gasteiger partial charge on any atom is 0.226 e. The number of carbonyl (C=O) groups is 2. The van der Waals surface area contributed by atoms with Gasteiger partial charge in [-0.2, -0.15) is 0 Å². The Labute approximate surface area is 169 Å². The van der Waals surface area contributed by atoms with Crippen LogP contribution in [0, 0.1) is 5.92 Å². The fraction of sp³-hybridized carbons (Fsp3) is 0.364. The van der Waals surface area contributed by atoms with Crippen LogP contribution >= 0.6 is 15.9 Å². The number of anilines is 1. The molecule has 0 aromatic heterocycles. The van der Waals surface area contributed by atoms with E-state index in [2.05, 4.69) is 38.7 Å². The third-order valence-electron chi connectivity index (χ3n) is 4.27. The van der Waals surface area contributed by atoms with Crippen LogP contribution in [0.15, 0.2) is 53.0 Å². The molecule has 0 bridgehead atoms. The molecule has 2 N–H and O–H groups in total. The largest absolute Gasteiger partial charge is 0.352 e. The average molecular weight is 431 g/mol. The summed E-state index contributed by atoms with van der Waals surface area (Å²) >= 11 is 3.43. The van der Waals surface area contributed by atoms with Gasteiger partial charge in [-0.15, -0.1) is 0 Å². The zero-order chi connectivity index (χ0) is 19.6. The summed E-state index contributed by atoms with van der Waals surface area (Å²) in [6, 6.07) is 15.9. The number of nitrogens with one attached hydrogen (secondary N) is 2. The maximum absolute atomic E-state index is 12.0. The molecule has 0 radical (unpaired) electrons. The van der Waals surface area contributed by atoms with E-state index < -0.39 is 0 Å². The Morgan fingerprint density at radius 2 is 1.56 bits per heavy atom. The summed E-state index contributed by atoms with van der Waals surface area (Å²) in [6.07, 6.45) is 3.41. The second kappa shape index (κ2) is 10.9. The lowest BCUT2D eigenvalue weighted by molar-refractivity contribution is -0.121. The molecule has 2 rings (SSSR count). The Kier molecular flexibility index (Phi) is 8.52. The normalized spacial score (nSPS) is 10.7. The predicted molar refractivity (Wildman–Crippen MR) is 113 cm³/mol. The van der Waals surface area contributed by atoms with Crippen LogP contribution in [0.2, 0.25) is 0 Å². The number of benzene rings is 2. The first kappa shape index (κ1) is 21.2. The molecule has 27 heavy (non-hydrogen) atoms. The van der Waals surface area contributed by atoms with Crippen LogP contribution < -0.4 is 10.6 Å². The zero-order valence-electron chi connectivity index (χ0n) is 15.9. The van der Waals surface area contributed by atoms with Crippen LogP contribution in [0.25, 0.3) is 0 Å². The van der Waals surface area contributed by atoms with E-state index in [4.69, 9.17) is 0 Å². The molecular formula is C22H27BrN2O2. The molecular weight excluding hydrogens is 404 g/mol. The molecule has 4 nitrogen and oxygen atoms in total. The Hall–Kier alpha value is -2.14. The van der Waals surface area contributed by atoms with Gasteiger partial charge >= 0.3 is 0 Å². The van der Waals surface area contributed by atoms with Crippen molar-refractivity contribution in [1.29, 1.82) is 0 Å². The van der Waals surface area contributed by atoms with Crippen LogP contribution in [-0.2, 0) is 22.6 Å². The first-order valence-corrected chi connectivity index (χ1v) is 10.1. The molecule has 2 aromatic rings. The molecule has 0 saturated heterocycles. The number of unbranched alkanes of at least 4 members (excludes halogenated alkanes) is 1. The summed E-state index contributed by atoms with van der Waals surface area (Å²) in [4.78, 5) is 23.7. The third-order valence-corrected chi connectivity index (χ3v) is 4.80. The Morgan fingerprint density at radius 3 is 2.19 bits per heavy atom. The van der Waals surface area contributed by atoms with E-state index in [0.717, 1.165) is 35.0 Å². The number of rotatable bonds is 9. The zero-order valence-corrected chi connectivity index (χ0v) is 17.5. The van der Waals surface area contributed by atoms with Gasteiger partial charge in [0, 0.05) is 29.0 Å². The summed E-state index contributed by atoms with van der Waals surface area (Å²) < 4.78 is 1.08. The molecule has 0 fully saturated rings. The number of halogens is 1. The second-order valence-corrected chi connectivity index (χ2v) is 7.87. The van der Waals surface area contributed by atoms with Gasteiger partial charge in [0.15, 0.2) is 0 Å². The standard InChI is InChI=1S/C22H27BrN2O2/c1-16(2)22(27)25-20-13-9-18(10-14-20)15-24-21(26)6-4-3-5-17-7-11-19(23)12-8-17/h7-14,16H,3-6,15H2,1-2H3,(H,24,26)(H,25,27). The Morgan fingerprint density at radius 1 is 0.926 bits per heavy atom. The van der Waals surface area contributed by atoms with Gasteiger partial charge in [0.1, 0.15) is 0 Å². The smallest absolute Gasteiger partial charge is 0.226 e. The van der Waals surface area contributed by atoms with Gasteiger partial charge in [-0.05, 0) is 54.7 Å². The molecule has 0 saturated carbocycles. The summed E-state index contributed by atoms with van der Waals surface area (Å²) in [6.45, 7) is 4.22. The van der Waals surface area contributed by atoms with Gasteiger partial charge < -0.3 is 10.6 Å². The highest BCUT2D eigenvalue weighted by molar-refractivity contribution is 9.10. The predicted octanol–water partition coefficient (Wildman–Crippen LogP) is 5.07. The molecule has 5 heteroatoms. The average Bonchev–Trinajstić information content (AvgIpc) is 2.66. The van der Waals surface area contributed by atoms with E-state index >= 15 is 0 Å². The number of hydrogen-bond acceptors (Lipinski definition) is 2. The van der Waals surface area contributed by atoms with Crippen molar-refractivity contribution in [3.05, 3.63) is 64.1 Å². The summed E-state index contributed by atoms with van der Waals surface area (Å²) in [5.74, 6) is 0.0231. The minimum atomic E-state index is -0.0484. The van der Waals surface area contributed by atoms with Crippen LogP contribution in [0.3, 0.4) is 0 Å². The van der Waals surface area contributed by atoms with Gasteiger partial charge in [-0.1, -0.05) is 54.0 Å². The van der Waals surface area contributed by atoms with Crippen molar-refractivity contribution in [3.63, 3.8) is 0 Å². The molecule has 0 aliphatic carbocycles. The van der Waals surface area contributed by atoms with Crippen molar-refractivity contribution in [2.75, 3.05) is 5.32 Å². The van der Waals surface area contributed by atoms with E-state index in [0.29, 0.717) is 13.0 Å². The second-order valence-electron chi connectivity index (χ2n) is 6.95. The van der Waals surface area contributed by atoms with Gasteiger partial charge in [0.05, 0.1) is 0 Å². The highest BCUT2D eigenvalue weighted by atomic mass is 79.9. The Balaban J connectivity index is 1.64. The lowest BCUT2D eigenvalue weighted by Crippen LogP contribution is -2.22. The molecule has 2 aromatic carbocycles. The minimum absolute atomic E-state index is 0.000750. The molecule has 0 atom stereocenters. The lowest BCUT2D eigenvalue weighted by atomic mass is 10.1. The molecule has 0 heterocycles. The van der Waals surface area contributed by atoms with Crippen molar-refractivity contribution in [1.82, 2.24) is 5.32 Å². The van der Waals surface area contributed by atoms with E-state index in [1.807, 2.05) is 50.2 Å². The lowest BCUT2D eigenvalue weighted by Gasteiger charge is -2.09. The van der Waals surface area contributed by atoms with E-state index in [1.54, 1.807) is 0 Å². The fourth-order valence-electron chi connectivity index (χ4n) is 2.55. The summed E-state index contributed by atoms with van der Waals surface area (Å²) in [5.41, 5.74) is 3.08. The van der Waals surface area contributed by atoms with Crippen molar-refractivity contribution in [2.45, 2.75) is 46.1 Å². The van der Waals surface area contributed by atoms with Crippen LogP contribution in [0.4, 0.5) is 5.69 Å². The van der Waals surface area contributed by atoms with Crippen LogP contribution in [0.5, 0.6) is 0 Å². The number of carbonyl (C=O) groups excluding carboxylic acids is 2. The first-order valence-electron chi connectivity index (χ1n) is 9.35. The van der Waals surface area contributed by atoms with Gasteiger partial charge in [-0.3, -0.25) is 9.59 Å². The minimum Gasteiger partial charge on any atom is -0.352 e. The molecule has 0 unspecified atom stereocenters. The SMILES string of the molecule is CC(C)C(=O)Nc1ccc(CNC(=O)CCCCc2ccc(Br)cc2)cc1. The van der Waals surface area contributed by atoms with Gasteiger partial charge in [0.2, 0.25) is 11.8 Å². The maximum atomic E-state index is 12.0. The fourth-order valence-corrected chi connectivity index (χ4v) is 2.81. The number of hydrogen-bond donors (Lipinski definition) is 2. The highest BCUT2D eigenvalue weighted by Crippen LogP contribution is 2.13. The van der Waals surface area contributed by atoms with E-state index in [9.17, 15) is 9.59 Å². The topological polar surface area (TPSA) is 58.2 Å². The monoisotopic (exact) mass is 430 g/mol. The van der Waals surface area contributed by atoms with Crippen molar-refractivity contribution in [3.8, 4) is 0 Å². The molecule has 144 valence electrons. The molecule has 0 spiro atoms. The van der Waals surface area contributed by atoms with Crippen LogP contribution in [0.1, 0.15) is 44.2 Å². The first-order chi connectivity index (χ1) is 12.9. The third kappa shape index (κ3) is 7.95. The number of aryl methyl sites for hydroxylation is 1. The van der Waals surface area contributed by atoms with Gasteiger partial charge in [0.25, 0.3) is 0 Å². The van der Waals surface area contributed by atoms with Crippen molar-refractivity contribution in [2.24, 2.45) is 5.92 Å². The van der Waals surface area contributed by atoms with Crippen molar-refractivity contribution >= 4 is 33.4 Å². The quantitative estimate of drug-likeness (QED) is 0.545. The molecule has 0 aliphatic rings. The molecule has 0 aliphatic heterocycles. The van der Waals surface area contributed by atoms with Gasteiger partial charge in [-0.25, -0.2) is 0 Å². The Bertz CT molecular complexity index is 740. The van der Waals surface area contributed by atoms with Crippen LogP contribution in [-0.4, -0.2) is 11.8 Å². The van der Waals surface area contributed by atoms with E-state index in [-0.39, 0.29) is 17.7 Å². The van der Waals surface area contributed by atoms with E-state index in [1.165, 1.54) is 5.56 Å². The highest BCUT2D eigenvalue weighted by Gasteiger charge is 2.07.